The summed E-state index contributed by atoms with van der Waals surface area (Å²) in [6.45, 7) is 3.30. The van der Waals surface area contributed by atoms with E-state index in [0.29, 0.717) is 28.8 Å². The number of nitrogens with one attached hydrogen (secondary N) is 2. The topological polar surface area (TPSA) is 114 Å². The van der Waals surface area contributed by atoms with Crippen molar-refractivity contribution in [3.8, 4) is 11.4 Å². The van der Waals surface area contributed by atoms with E-state index in [1.165, 1.54) is 18.9 Å². The molecule has 31 heavy (non-hydrogen) atoms. The third-order valence-electron chi connectivity index (χ3n) is 6.03. The minimum atomic E-state index is -3.91. The fourth-order valence-corrected chi connectivity index (χ4v) is 5.45. The number of aryl methyl sites for hydroxylation is 1. The summed E-state index contributed by atoms with van der Waals surface area (Å²) >= 11 is 0. The Morgan fingerprint density at radius 2 is 1.84 bits per heavy atom. The SMILES string of the molecule is Cc1ccc(-c2noc(C3CC3)n2)cc1S(=O)(=O)N[C@H](C)C(=O)NC1CCCCCC1. The normalized spacial score (nSPS) is 19.0. The van der Waals surface area contributed by atoms with Gasteiger partial charge in [-0.3, -0.25) is 4.79 Å². The number of carbonyl (C=O) groups excluding carboxylic acids is 1. The van der Waals surface area contributed by atoms with Crippen molar-refractivity contribution in [3.63, 3.8) is 0 Å². The molecule has 1 heterocycles. The molecule has 1 aromatic carbocycles. The summed E-state index contributed by atoms with van der Waals surface area (Å²) in [5.41, 5.74) is 1.15. The first kappa shape index (κ1) is 22.0. The minimum absolute atomic E-state index is 0.108. The van der Waals surface area contributed by atoms with Crippen LogP contribution < -0.4 is 10.0 Å². The molecular weight excluding hydrogens is 416 g/mol. The van der Waals surface area contributed by atoms with Gasteiger partial charge in [0.25, 0.3) is 0 Å². The highest BCUT2D eigenvalue weighted by atomic mass is 32.2. The second-order valence-electron chi connectivity index (χ2n) is 8.75. The van der Waals surface area contributed by atoms with Crippen LogP contribution in [0.15, 0.2) is 27.6 Å². The number of amides is 1. The second-order valence-corrected chi connectivity index (χ2v) is 10.4. The summed E-state index contributed by atoms with van der Waals surface area (Å²) in [5, 5.41) is 7.00. The van der Waals surface area contributed by atoms with Crippen LogP contribution >= 0.6 is 0 Å². The molecule has 2 fully saturated rings. The molecule has 2 aliphatic carbocycles. The molecule has 1 atom stereocenters. The average molecular weight is 447 g/mol. The number of benzene rings is 1. The summed E-state index contributed by atoms with van der Waals surface area (Å²) in [4.78, 5) is 17.1. The predicted octanol–water partition coefficient (Wildman–Crippen LogP) is 3.43. The van der Waals surface area contributed by atoms with Gasteiger partial charge < -0.3 is 9.84 Å². The van der Waals surface area contributed by atoms with Crippen LogP contribution in [0.1, 0.15) is 75.7 Å². The molecule has 8 nitrogen and oxygen atoms in total. The predicted molar refractivity (Wildman–Crippen MR) is 116 cm³/mol. The van der Waals surface area contributed by atoms with Crippen LogP contribution in [0.2, 0.25) is 0 Å². The van der Waals surface area contributed by atoms with Crippen molar-refractivity contribution >= 4 is 15.9 Å². The van der Waals surface area contributed by atoms with Crippen molar-refractivity contribution < 1.29 is 17.7 Å². The molecule has 9 heteroatoms. The number of carbonyl (C=O) groups is 1. The van der Waals surface area contributed by atoms with Gasteiger partial charge in [0.05, 0.1) is 10.9 Å². The zero-order valence-corrected chi connectivity index (χ0v) is 18.9. The first-order chi connectivity index (χ1) is 14.8. The van der Waals surface area contributed by atoms with E-state index in [1.54, 1.807) is 26.0 Å². The lowest BCUT2D eigenvalue weighted by Gasteiger charge is -2.20. The Hall–Kier alpha value is -2.26. The molecule has 168 valence electrons. The lowest BCUT2D eigenvalue weighted by atomic mass is 10.1. The Labute approximate surface area is 183 Å². The summed E-state index contributed by atoms with van der Waals surface area (Å²) in [6, 6.07) is 4.27. The van der Waals surface area contributed by atoms with Crippen LogP contribution in [-0.2, 0) is 14.8 Å². The molecule has 0 aliphatic heterocycles. The standard InChI is InChI=1S/C22H30N4O4S/c1-14-9-10-17(20-24-22(30-25-20)16-11-12-16)13-19(14)31(28,29)26-15(2)21(27)23-18-7-5-3-4-6-8-18/h9-10,13,15-16,18,26H,3-8,11-12H2,1-2H3,(H,23,27)/t15-/m1/s1. The van der Waals surface area contributed by atoms with E-state index in [1.807, 2.05) is 0 Å². The number of rotatable bonds is 7. The summed E-state index contributed by atoms with van der Waals surface area (Å²) in [5.74, 6) is 1.00. The van der Waals surface area contributed by atoms with Crippen molar-refractivity contribution in [3.05, 3.63) is 29.7 Å². The molecule has 2 N–H and O–H groups in total. The molecule has 0 bridgehead atoms. The Morgan fingerprint density at radius 1 is 1.13 bits per heavy atom. The van der Waals surface area contributed by atoms with Crippen molar-refractivity contribution in [2.45, 2.75) is 88.1 Å². The number of hydrogen-bond acceptors (Lipinski definition) is 6. The molecule has 2 aromatic rings. The van der Waals surface area contributed by atoms with Crippen LogP contribution in [0.5, 0.6) is 0 Å². The number of hydrogen-bond donors (Lipinski definition) is 2. The van der Waals surface area contributed by atoms with Crippen LogP contribution in [0, 0.1) is 6.92 Å². The van der Waals surface area contributed by atoms with Crippen molar-refractivity contribution in [2.24, 2.45) is 0 Å². The zero-order chi connectivity index (χ0) is 22.0. The van der Waals surface area contributed by atoms with Crippen LogP contribution in [0.3, 0.4) is 0 Å². The summed E-state index contributed by atoms with van der Waals surface area (Å²) in [6.07, 6.45) is 8.53. The van der Waals surface area contributed by atoms with Gasteiger partial charge in [0, 0.05) is 17.5 Å². The van der Waals surface area contributed by atoms with Crippen molar-refractivity contribution in [2.75, 3.05) is 0 Å². The maximum absolute atomic E-state index is 13.1. The molecule has 2 aliphatic rings. The second kappa shape index (κ2) is 9.08. The lowest BCUT2D eigenvalue weighted by molar-refractivity contribution is -0.123. The minimum Gasteiger partial charge on any atom is -0.352 e. The maximum Gasteiger partial charge on any atom is 0.241 e. The van der Waals surface area contributed by atoms with Gasteiger partial charge in [-0.05, 0) is 51.2 Å². The third-order valence-corrected chi connectivity index (χ3v) is 7.71. The van der Waals surface area contributed by atoms with E-state index < -0.39 is 16.1 Å². The molecule has 0 spiro atoms. The number of aromatic nitrogens is 2. The van der Waals surface area contributed by atoms with Crippen LogP contribution in [0.25, 0.3) is 11.4 Å². The zero-order valence-electron chi connectivity index (χ0n) is 18.1. The first-order valence-electron chi connectivity index (χ1n) is 11.1. The van der Waals surface area contributed by atoms with Crippen LogP contribution in [-0.4, -0.2) is 36.5 Å². The van der Waals surface area contributed by atoms with Gasteiger partial charge in [-0.2, -0.15) is 9.71 Å². The average Bonchev–Trinajstić information content (AvgIpc) is 3.51. The van der Waals surface area contributed by atoms with E-state index in [-0.39, 0.29) is 16.8 Å². The molecule has 0 saturated heterocycles. The highest BCUT2D eigenvalue weighted by Crippen LogP contribution is 2.39. The van der Waals surface area contributed by atoms with Gasteiger partial charge >= 0.3 is 0 Å². The fourth-order valence-electron chi connectivity index (χ4n) is 3.98. The molecular formula is C22H30N4O4S. The molecule has 0 radical (unpaired) electrons. The number of sulfonamides is 1. The number of nitrogens with zero attached hydrogens (tertiary/aromatic N) is 2. The van der Waals surface area contributed by atoms with E-state index in [0.717, 1.165) is 38.5 Å². The van der Waals surface area contributed by atoms with Gasteiger partial charge in [-0.15, -0.1) is 0 Å². The smallest absolute Gasteiger partial charge is 0.241 e. The molecule has 0 unspecified atom stereocenters. The Morgan fingerprint density at radius 3 is 2.52 bits per heavy atom. The third kappa shape index (κ3) is 5.33. The van der Waals surface area contributed by atoms with Gasteiger partial charge in [0.15, 0.2) is 0 Å². The fraction of sp³-hybridized carbons (Fsp3) is 0.591. The Bertz CT molecular complexity index is 1040. The van der Waals surface area contributed by atoms with E-state index >= 15 is 0 Å². The highest BCUT2D eigenvalue weighted by molar-refractivity contribution is 7.89. The van der Waals surface area contributed by atoms with Crippen molar-refractivity contribution in [1.82, 2.24) is 20.2 Å². The molecule has 1 amide bonds. The van der Waals surface area contributed by atoms with Gasteiger partial charge in [0.1, 0.15) is 0 Å². The molecule has 2 saturated carbocycles. The molecule has 4 rings (SSSR count). The van der Waals surface area contributed by atoms with Gasteiger partial charge in [0.2, 0.25) is 27.6 Å². The highest BCUT2D eigenvalue weighted by Gasteiger charge is 2.30. The first-order valence-corrected chi connectivity index (χ1v) is 12.6. The summed E-state index contributed by atoms with van der Waals surface area (Å²) in [7, 11) is -3.91. The quantitative estimate of drug-likeness (QED) is 0.630. The Balaban J connectivity index is 1.47. The van der Waals surface area contributed by atoms with Gasteiger partial charge in [-0.25, -0.2) is 8.42 Å². The lowest BCUT2D eigenvalue weighted by Crippen LogP contribution is -2.48. The summed E-state index contributed by atoms with van der Waals surface area (Å²) < 4.78 is 34.0. The van der Waals surface area contributed by atoms with E-state index in [2.05, 4.69) is 20.2 Å². The monoisotopic (exact) mass is 446 g/mol. The van der Waals surface area contributed by atoms with E-state index in [9.17, 15) is 13.2 Å². The maximum atomic E-state index is 13.1. The van der Waals surface area contributed by atoms with Crippen molar-refractivity contribution in [1.29, 1.82) is 0 Å². The Kier molecular flexibility index (Phi) is 6.43. The largest absolute Gasteiger partial charge is 0.352 e. The van der Waals surface area contributed by atoms with Crippen LogP contribution in [0.4, 0.5) is 0 Å². The van der Waals surface area contributed by atoms with Gasteiger partial charge in [-0.1, -0.05) is 43.0 Å². The van der Waals surface area contributed by atoms with E-state index in [4.69, 9.17) is 4.52 Å². The molecule has 1 aromatic heterocycles.